The van der Waals surface area contributed by atoms with Gasteiger partial charge >= 0.3 is 6.01 Å². The Hall–Kier alpha value is -3.60. The first kappa shape index (κ1) is 26.3. The molecule has 1 aliphatic carbocycles. The van der Waals surface area contributed by atoms with Gasteiger partial charge in [0.1, 0.15) is 17.8 Å². The van der Waals surface area contributed by atoms with E-state index in [9.17, 15) is 4.79 Å². The molecule has 0 radical (unpaired) electrons. The maximum atomic E-state index is 12.7. The molecule has 3 atom stereocenters. The van der Waals surface area contributed by atoms with E-state index in [-0.39, 0.29) is 11.7 Å². The normalized spacial score (nSPS) is 25.1. The fourth-order valence-corrected chi connectivity index (χ4v) is 7.24. The minimum atomic E-state index is -0.581. The Morgan fingerprint density at radius 2 is 2.05 bits per heavy atom. The quantitative estimate of drug-likeness (QED) is 0.297. The van der Waals surface area contributed by atoms with Crippen LogP contribution in [0.4, 0.5) is 11.5 Å². The number of nitrogens with zero attached hydrogens (tertiary/aromatic N) is 5. The second-order valence-electron chi connectivity index (χ2n) is 11.7. The number of anilines is 2. The molecule has 7 nitrogen and oxygen atoms in total. The summed E-state index contributed by atoms with van der Waals surface area (Å²) in [4.78, 5) is 29.7. The van der Waals surface area contributed by atoms with E-state index in [1.54, 1.807) is 0 Å². The number of halogens is 1. The molecule has 0 amide bonds. The van der Waals surface area contributed by atoms with Gasteiger partial charge in [-0.25, -0.2) is 0 Å². The van der Waals surface area contributed by atoms with Crippen LogP contribution in [0.3, 0.4) is 0 Å². The first-order valence-corrected chi connectivity index (χ1v) is 14.9. The highest BCUT2D eigenvalue weighted by atomic mass is 35.5. The van der Waals surface area contributed by atoms with Gasteiger partial charge in [-0.15, -0.1) is 0 Å². The van der Waals surface area contributed by atoms with Crippen LogP contribution in [0.2, 0.25) is 5.02 Å². The van der Waals surface area contributed by atoms with Crippen molar-refractivity contribution in [1.29, 1.82) is 0 Å². The number of hydrogen-bond donors (Lipinski definition) is 0. The van der Waals surface area contributed by atoms with Crippen LogP contribution < -0.4 is 14.5 Å². The molecule has 0 unspecified atom stereocenters. The van der Waals surface area contributed by atoms with E-state index in [4.69, 9.17) is 26.3 Å². The number of ketones is 1. The molecule has 2 saturated heterocycles. The van der Waals surface area contributed by atoms with Crippen molar-refractivity contribution in [3.05, 3.63) is 65.3 Å². The van der Waals surface area contributed by atoms with Crippen molar-refractivity contribution in [1.82, 2.24) is 14.9 Å². The Labute approximate surface area is 246 Å². The minimum absolute atomic E-state index is 0.0122. The first-order chi connectivity index (χ1) is 20.0. The van der Waals surface area contributed by atoms with Gasteiger partial charge in [-0.2, -0.15) is 9.97 Å². The lowest BCUT2D eigenvalue weighted by Crippen LogP contribution is -2.54. The molecule has 3 aliphatic heterocycles. The van der Waals surface area contributed by atoms with Crippen LogP contribution in [-0.2, 0) is 17.8 Å². The number of ether oxygens (including phenoxy) is 1. The maximum Gasteiger partial charge on any atom is 0.318 e. The smallest absolute Gasteiger partial charge is 0.318 e. The van der Waals surface area contributed by atoms with Crippen LogP contribution >= 0.6 is 11.6 Å². The standard InChI is InChI=1S/C33H34ClN5O2/c1-3-29(40)33-14-12-23(33)19-39(18-15-33)31-25-13-17-38(28-11-5-8-22-7-4-10-26(34)30(22)28)20-27(25)35-32(36-31)41-21-24-9-6-16-37(24)2/h3-5,7-8,10-11,23-24H,1,6,9,13,15-21H2,2H3/t23-,24-,33-/m0/s1. The number of likely N-dealkylation sites (tertiary alicyclic amines) is 1. The van der Waals surface area contributed by atoms with Gasteiger partial charge in [0.25, 0.3) is 0 Å². The molecular formula is C33H34ClN5O2. The number of carbonyl (C=O) groups excluding carboxylic acids is 1. The first-order valence-electron chi connectivity index (χ1n) is 14.6. The van der Waals surface area contributed by atoms with Crippen molar-refractivity contribution in [3.8, 4) is 17.9 Å². The number of piperidine rings is 1. The number of aromatic nitrogens is 2. The van der Waals surface area contributed by atoms with E-state index in [1.807, 2.05) is 12.1 Å². The molecule has 3 aromatic rings. The lowest BCUT2D eigenvalue weighted by Gasteiger charge is -2.46. The molecule has 8 heteroatoms. The molecule has 0 bridgehead atoms. The molecule has 2 fully saturated rings. The summed E-state index contributed by atoms with van der Waals surface area (Å²) in [5.41, 5.74) is 2.68. The van der Waals surface area contributed by atoms with Crippen LogP contribution in [0.5, 0.6) is 6.01 Å². The highest BCUT2D eigenvalue weighted by molar-refractivity contribution is 6.36. The predicted octanol–water partition coefficient (Wildman–Crippen LogP) is 4.90. The molecule has 1 aromatic heterocycles. The highest BCUT2D eigenvalue weighted by Gasteiger charge is 2.50. The molecule has 41 heavy (non-hydrogen) atoms. The van der Waals surface area contributed by atoms with Crippen LogP contribution in [0, 0.1) is 23.2 Å². The van der Waals surface area contributed by atoms with E-state index in [2.05, 4.69) is 64.4 Å². The SMILES string of the molecule is C=CC(=O)[C@]12C#C[C@H]1CN(c1nc(OC[C@@H]3CCCN3C)nc3c1CCN(c1cccc4cccc(Cl)c14)C3)CC2. The van der Waals surface area contributed by atoms with Crippen molar-refractivity contribution >= 4 is 39.7 Å². The monoisotopic (exact) mass is 567 g/mol. The lowest BCUT2D eigenvalue weighted by molar-refractivity contribution is -0.123. The molecule has 2 aromatic carbocycles. The number of likely N-dealkylation sites (N-methyl/N-ethyl adjacent to an activating group) is 1. The summed E-state index contributed by atoms with van der Waals surface area (Å²) in [5, 5.41) is 2.95. The van der Waals surface area contributed by atoms with Gasteiger partial charge in [-0.3, -0.25) is 4.79 Å². The lowest BCUT2D eigenvalue weighted by atomic mass is 9.62. The molecule has 7 rings (SSSR count). The summed E-state index contributed by atoms with van der Waals surface area (Å²) in [7, 11) is 2.15. The molecule has 0 spiro atoms. The molecule has 0 saturated carbocycles. The third kappa shape index (κ3) is 4.45. The van der Waals surface area contributed by atoms with Gasteiger partial charge in [0.2, 0.25) is 0 Å². The van der Waals surface area contributed by atoms with Gasteiger partial charge in [-0.1, -0.05) is 54.3 Å². The number of allylic oxidation sites excluding steroid dienone is 1. The van der Waals surface area contributed by atoms with Crippen molar-refractivity contribution in [2.75, 3.05) is 49.6 Å². The third-order valence-electron chi connectivity index (χ3n) is 9.44. The fourth-order valence-electron chi connectivity index (χ4n) is 6.96. The Balaban J connectivity index is 1.22. The van der Waals surface area contributed by atoms with Gasteiger partial charge in [0.05, 0.1) is 23.2 Å². The molecular weight excluding hydrogens is 534 g/mol. The zero-order valence-corrected chi connectivity index (χ0v) is 24.2. The Bertz CT molecular complexity index is 1610. The summed E-state index contributed by atoms with van der Waals surface area (Å²) < 4.78 is 6.30. The topological polar surface area (TPSA) is 61.8 Å². The van der Waals surface area contributed by atoms with Crippen LogP contribution in [0.25, 0.3) is 10.8 Å². The van der Waals surface area contributed by atoms with E-state index >= 15 is 0 Å². The summed E-state index contributed by atoms with van der Waals surface area (Å²) in [6.07, 6.45) is 5.22. The Kier molecular flexibility index (Phi) is 6.64. The van der Waals surface area contributed by atoms with E-state index in [0.29, 0.717) is 44.7 Å². The number of carbonyl (C=O) groups is 1. The van der Waals surface area contributed by atoms with E-state index in [1.165, 1.54) is 12.5 Å². The van der Waals surface area contributed by atoms with Crippen LogP contribution in [0.1, 0.15) is 30.5 Å². The van der Waals surface area contributed by atoms with Crippen LogP contribution in [0.15, 0.2) is 49.1 Å². The molecule has 4 aliphatic rings. The summed E-state index contributed by atoms with van der Waals surface area (Å²) in [5.74, 6) is 7.39. The molecule has 0 N–H and O–H groups in total. The van der Waals surface area contributed by atoms with Gasteiger partial charge < -0.3 is 19.4 Å². The van der Waals surface area contributed by atoms with Gasteiger partial charge in [0.15, 0.2) is 5.78 Å². The largest absolute Gasteiger partial charge is 0.462 e. The number of benzene rings is 2. The van der Waals surface area contributed by atoms with Crippen molar-refractivity contribution in [2.45, 2.75) is 38.3 Å². The maximum absolute atomic E-state index is 12.7. The summed E-state index contributed by atoms with van der Waals surface area (Å²) >= 11 is 6.70. The average molecular weight is 568 g/mol. The molecule has 210 valence electrons. The second kappa shape index (κ2) is 10.3. The third-order valence-corrected chi connectivity index (χ3v) is 9.75. The average Bonchev–Trinajstić information content (AvgIpc) is 3.40. The number of fused-ring (bicyclic) bond motifs is 3. The van der Waals surface area contributed by atoms with Crippen LogP contribution in [-0.4, -0.2) is 66.5 Å². The predicted molar refractivity (Wildman–Crippen MR) is 163 cm³/mol. The fraction of sp³-hybridized carbons (Fsp3) is 0.424. The number of hydrogen-bond acceptors (Lipinski definition) is 7. The zero-order chi connectivity index (χ0) is 28.1. The number of rotatable bonds is 7. The van der Waals surface area contributed by atoms with Gasteiger partial charge in [-0.05, 0) is 62.9 Å². The second-order valence-corrected chi connectivity index (χ2v) is 12.1. The van der Waals surface area contributed by atoms with E-state index in [0.717, 1.165) is 64.5 Å². The zero-order valence-electron chi connectivity index (χ0n) is 23.4. The Morgan fingerprint density at radius 1 is 1.20 bits per heavy atom. The summed E-state index contributed by atoms with van der Waals surface area (Å²) in [6, 6.07) is 13.2. The Morgan fingerprint density at radius 3 is 2.78 bits per heavy atom. The van der Waals surface area contributed by atoms with E-state index < -0.39 is 5.41 Å². The summed E-state index contributed by atoms with van der Waals surface area (Å²) in [6.45, 7) is 8.24. The highest BCUT2D eigenvalue weighted by Crippen LogP contribution is 2.44. The van der Waals surface area contributed by atoms with Crippen molar-refractivity contribution in [3.63, 3.8) is 0 Å². The van der Waals surface area contributed by atoms with Crippen molar-refractivity contribution < 1.29 is 9.53 Å². The minimum Gasteiger partial charge on any atom is -0.462 e. The van der Waals surface area contributed by atoms with Gasteiger partial charge in [0, 0.05) is 42.3 Å². The molecule has 4 heterocycles. The van der Waals surface area contributed by atoms with Crippen molar-refractivity contribution in [2.24, 2.45) is 11.3 Å².